The zero-order chi connectivity index (χ0) is 23.3. The molecule has 2 aromatic rings. The van der Waals surface area contributed by atoms with Gasteiger partial charge in [-0.05, 0) is 52.2 Å². The van der Waals surface area contributed by atoms with Gasteiger partial charge in [-0.25, -0.2) is 4.39 Å². The van der Waals surface area contributed by atoms with Gasteiger partial charge in [-0.3, -0.25) is 9.59 Å². The SMILES string of the molecule is CCN(CC)CCCNC(=O)c1cn(CC)c2cc(N3CCN(C)CC3)c(F)cc2c1=O. The molecule has 1 aliphatic rings. The van der Waals surface area contributed by atoms with E-state index < -0.39 is 17.2 Å². The molecule has 32 heavy (non-hydrogen) atoms. The first-order valence-electron chi connectivity index (χ1n) is 11.7. The first-order chi connectivity index (χ1) is 15.4. The van der Waals surface area contributed by atoms with Crippen LogP contribution in [0.5, 0.6) is 0 Å². The van der Waals surface area contributed by atoms with Crippen LogP contribution in [-0.2, 0) is 6.54 Å². The van der Waals surface area contributed by atoms with Gasteiger partial charge >= 0.3 is 0 Å². The summed E-state index contributed by atoms with van der Waals surface area (Å²) in [5, 5.41) is 3.10. The number of aromatic nitrogens is 1. The van der Waals surface area contributed by atoms with Crippen molar-refractivity contribution in [2.24, 2.45) is 0 Å². The van der Waals surface area contributed by atoms with Crippen LogP contribution in [0.1, 0.15) is 37.6 Å². The first-order valence-corrected chi connectivity index (χ1v) is 11.7. The monoisotopic (exact) mass is 445 g/mol. The number of carbonyl (C=O) groups excluding carboxylic acids is 1. The minimum atomic E-state index is -0.422. The summed E-state index contributed by atoms with van der Waals surface area (Å²) in [5.74, 6) is -0.819. The number of hydrogen-bond donors (Lipinski definition) is 1. The number of pyridine rings is 1. The van der Waals surface area contributed by atoms with Crippen LogP contribution in [0.2, 0.25) is 0 Å². The Kier molecular flexibility index (Phi) is 8.26. The highest BCUT2D eigenvalue weighted by Crippen LogP contribution is 2.26. The van der Waals surface area contributed by atoms with E-state index in [1.54, 1.807) is 12.3 Å². The van der Waals surface area contributed by atoms with Crippen molar-refractivity contribution < 1.29 is 9.18 Å². The van der Waals surface area contributed by atoms with E-state index in [9.17, 15) is 9.59 Å². The molecule has 176 valence electrons. The van der Waals surface area contributed by atoms with E-state index in [4.69, 9.17) is 0 Å². The number of aryl methyl sites for hydroxylation is 1. The van der Waals surface area contributed by atoms with Crippen LogP contribution < -0.4 is 15.6 Å². The maximum absolute atomic E-state index is 15.0. The minimum absolute atomic E-state index is 0.0638. The van der Waals surface area contributed by atoms with Gasteiger partial charge in [0.25, 0.3) is 5.91 Å². The summed E-state index contributed by atoms with van der Waals surface area (Å²) in [7, 11) is 2.05. The molecular weight excluding hydrogens is 409 g/mol. The highest BCUT2D eigenvalue weighted by atomic mass is 19.1. The zero-order valence-electron chi connectivity index (χ0n) is 19.8. The molecule has 0 bridgehead atoms. The highest BCUT2D eigenvalue weighted by Gasteiger charge is 2.21. The van der Waals surface area contributed by atoms with E-state index in [2.05, 4.69) is 36.0 Å². The predicted octanol–water partition coefficient (Wildman–Crippen LogP) is 2.37. The maximum Gasteiger partial charge on any atom is 0.256 e. The Morgan fingerprint density at radius 1 is 1.12 bits per heavy atom. The Labute approximate surface area is 189 Å². The molecule has 0 unspecified atom stereocenters. The molecule has 1 fully saturated rings. The third-order valence-corrected chi connectivity index (χ3v) is 6.41. The molecule has 0 saturated carbocycles. The smallest absolute Gasteiger partial charge is 0.256 e. The van der Waals surface area contributed by atoms with Crippen molar-refractivity contribution in [1.29, 1.82) is 0 Å². The fourth-order valence-corrected chi connectivity index (χ4v) is 4.25. The summed E-state index contributed by atoms with van der Waals surface area (Å²) in [5.41, 5.74) is 0.815. The molecule has 2 heterocycles. The van der Waals surface area contributed by atoms with E-state index in [0.29, 0.717) is 24.3 Å². The van der Waals surface area contributed by atoms with E-state index in [1.165, 1.54) is 6.07 Å². The van der Waals surface area contributed by atoms with Crippen molar-refractivity contribution in [3.8, 4) is 0 Å². The average molecular weight is 446 g/mol. The topological polar surface area (TPSA) is 60.8 Å². The number of rotatable bonds is 9. The summed E-state index contributed by atoms with van der Waals surface area (Å²) in [4.78, 5) is 32.4. The number of piperazine rings is 1. The van der Waals surface area contributed by atoms with Gasteiger partial charge in [-0.1, -0.05) is 13.8 Å². The summed E-state index contributed by atoms with van der Waals surface area (Å²) in [6, 6.07) is 3.06. The standard InChI is InChI=1S/C24H36FN5O2/c1-5-28(6-2)10-8-9-26-24(32)19-17-29(7-3)21-16-22(20(25)15-18(21)23(19)31)30-13-11-27(4)12-14-30/h15-17H,5-14H2,1-4H3,(H,26,32). The van der Waals surface area contributed by atoms with Crippen LogP contribution in [0.25, 0.3) is 10.9 Å². The first kappa shape index (κ1) is 24.2. The fourth-order valence-electron chi connectivity index (χ4n) is 4.25. The third-order valence-electron chi connectivity index (χ3n) is 6.41. The number of likely N-dealkylation sites (N-methyl/N-ethyl adjacent to an activating group) is 1. The third kappa shape index (κ3) is 5.30. The second-order valence-corrected chi connectivity index (χ2v) is 8.41. The molecule has 7 nitrogen and oxygen atoms in total. The number of hydrogen-bond acceptors (Lipinski definition) is 5. The number of benzene rings is 1. The van der Waals surface area contributed by atoms with Crippen molar-refractivity contribution in [3.05, 3.63) is 39.9 Å². The van der Waals surface area contributed by atoms with Crippen LogP contribution in [-0.4, -0.2) is 79.7 Å². The van der Waals surface area contributed by atoms with Crippen molar-refractivity contribution in [2.75, 3.05) is 64.3 Å². The quantitative estimate of drug-likeness (QED) is 0.601. The molecule has 3 rings (SSSR count). The van der Waals surface area contributed by atoms with Gasteiger partial charge in [0.2, 0.25) is 5.43 Å². The number of amides is 1. The van der Waals surface area contributed by atoms with Crippen molar-refractivity contribution in [2.45, 2.75) is 33.7 Å². The largest absolute Gasteiger partial charge is 0.367 e. The lowest BCUT2D eigenvalue weighted by molar-refractivity contribution is 0.0950. The van der Waals surface area contributed by atoms with E-state index in [-0.39, 0.29) is 10.9 Å². The zero-order valence-corrected chi connectivity index (χ0v) is 19.8. The van der Waals surface area contributed by atoms with Crippen molar-refractivity contribution >= 4 is 22.5 Å². The Balaban J connectivity index is 1.85. The molecule has 1 aromatic heterocycles. The van der Waals surface area contributed by atoms with Gasteiger partial charge in [0.1, 0.15) is 11.4 Å². The molecule has 0 spiro atoms. The van der Waals surface area contributed by atoms with E-state index in [0.717, 1.165) is 52.2 Å². The molecule has 0 radical (unpaired) electrons. The molecule has 0 aliphatic carbocycles. The Morgan fingerprint density at radius 2 is 1.81 bits per heavy atom. The van der Waals surface area contributed by atoms with Crippen molar-refractivity contribution in [3.63, 3.8) is 0 Å². The van der Waals surface area contributed by atoms with Gasteiger partial charge in [0, 0.05) is 50.9 Å². The summed E-state index contributed by atoms with van der Waals surface area (Å²) >= 11 is 0. The number of nitrogens with zero attached hydrogens (tertiary/aromatic N) is 4. The number of fused-ring (bicyclic) bond motifs is 1. The Morgan fingerprint density at radius 3 is 2.44 bits per heavy atom. The normalized spacial score (nSPS) is 15.0. The average Bonchev–Trinajstić information content (AvgIpc) is 2.80. The van der Waals surface area contributed by atoms with Crippen LogP contribution in [0, 0.1) is 5.82 Å². The van der Waals surface area contributed by atoms with Gasteiger partial charge in [0.15, 0.2) is 0 Å². The summed E-state index contributed by atoms with van der Waals surface area (Å²) in [6.07, 6.45) is 2.42. The van der Waals surface area contributed by atoms with Gasteiger partial charge in [-0.2, -0.15) is 0 Å². The molecule has 1 aromatic carbocycles. The minimum Gasteiger partial charge on any atom is -0.367 e. The molecular formula is C24H36FN5O2. The molecule has 1 amide bonds. The Bertz CT molecular complexity index is 994. The number of halogens is 1. The number of carbonyl (C=O) groups is 1. The van der Waals surface area contributed by atoms with Gasteiger partial charge < -0.3 is 24.6 Å². The molecule has 8 heteroatoms. The highest BCUT2D eigenvalue weighted by molar-refractivity contribution is 5.97. The molecule has 1 N–H and O–H groups in total. The number of nitrogens with one attached hydrogen (secondary N) is 1. The van der Waals surface area contributed by atoms with Gasteiger partial charge in [-0.15, -0.1) is 0 Å². The predicted molar refractivity (Wildman–Crippen MR) is 128 cm³/mol. The summed E-state index contributed by atoms with van der Waals surface area (Å²) in [6.45, 7) is 13.3. The van der Waals surface area contributed by atoms with Crippen LogP contribution in [0.4, 0.5) is 10.1 Å². The van der Waals surface area contributed by atoms with Crippen LogP contribution in [0.15, 0.2) is 23.1 Å². The lowest BCUT2D eigenvalue weighted by Crippen LogP contribution is -2.44. The second-order valence-electron chi connectivity index (χ2n) is 8.41. The molecule has 1 aliphatic heterocycles. The lowest BCUT2D eigenvalue weighted by atomic mass is 10.1. The molecule has 1 saturated heterocycles. The fraction of sp³-hybridized carbons (Fsp3) is 0.583. The van der Waals surface area contributed by atoms with E-state index in [1.807, 2.05) is 16.4 Å². The summed E-state index contributed by atoms with van der Waals surface area (Å²) < 4.78 is 16.9. The molecule has 0 atom stereocenters. The second kappa shape index (κ2) is 10.9. The number of anilines is 1. The maximum atomic E-state index is 15.0. The van der Waals surface area contributed by atoms with E-state index >= 15 is 4.39 Å². The Hall–Kier alpha value is -2.45. The lowest BCUT2D eigenvalue weighted by Gasteiger charge is -2.34. The van der Waals surface area contributed by atoms with Crippen molar-refractivity contribution in [1.82, 2.24) is 19.7 Å². The van der Waals surface area contributed by atoms with Crippen LogP contribution in [0.3, 0.4) is 0 Å². The van der Waals surface area contributed by atoms with Gasteiger partial charge in [0.05, 0.1) is 11.2 Å². The van der Waals surface area contributed by atoms with Crippen LogP contribution >= 0.6 is 0 Å².